The number of nitrogens with one attached hydrogen (secondary N) is 1. The minimum Gasteiger partial charge on any atom is -0.297 e. The molecule has 0 aliphatic heterocycles. The Morgan fingerprint density at radius 3 is 2.61 bits per heavy atom. The van der Waals surface area contributed by atoms with Gasteiger partial charge in [0.2, 0.25) is 0 Å². The summed E-state index contributed by atoms with van der Waals surface area (Å²) in [6, 6.07) is 6.68. The first-order chi connectivity index (χ1) is 8.52. The van der Waals surface area contributed by atoms with Crippen molar-refractivity contribution in [1.82, 2.24) is 9.55 Å². The molecule has 2 aromatic rings. The van der Waals surface area contributed by atoms with Gasteiger partial charge in [-0.3, -0.25) is 9.78 Å². The zero-order chi connectivity index (χ0) is 13.3. The first-order valence-corrected chi connectivity index (χ1v) is 6.02. The molecule has 0 amide bonds. The van der Waals surface area contributed by atoms with Crippen molar-refractivity contribution in [3.63, 3.8) is 0 Å². The van der Waals surface area contributed by atoms with E-state index in [0.717, 1.165) is 22.1 Å². The van der Waals surface area contributed by atoms with Crippen molar-refractivity contribution in [3.8, 4) is 5.69 Å². The molecule has 0 saturated heterocycles. The second kappa shape index (κ2) is 4.82. The van der Waals surface area contributed by atoms with Gasteiger partial charge in [-0.15, -0.1) is 0 Å². The van der Waals surface area contributed by atoms with Crippen molar-refractivity contribution in [1.29, 1.82) is 0 Å². The van der Waals surface area contributed by atoms with Crippen LogP contribution in [0.1, 0.15) is 18.1 Å². The number of aryl methyl sites for hydroxylation is 2. The van der Waals surface area contributed by atoms with E-state index in [0.29, 0.717) is 5.69 Å². The molecule has 1 aromatic heterocycles. The molecule has 1 aromatic carbocycles. The highest BCUT2D eigenvalue weighted by Gasteiger charge is 2.07. The Morgan fingerprint density at radius 1 is 1.28 bits per heavy atom. The first-order valence-electron chi connectivity index (χ1n) is 5.64. The normalized spacial score (nSPS) is 10.6. The summed E-state index contributed by atoms with van der Waals surface area (Å²) in [5.74, 6) is 0. The van der Waals surface area contributed by atoms with Crippen molar-refractivity contribution in [2.45, 2.75) is 20.3 Å². The van der Waals surface area contributed by atoms with Gasteiger partial charge >= 0.3 is 5.69 Å². The molecule has 5 heteroatoms. The summed E-state index contributed by atoms with van der Waals surface area (Å²) in [7, 11) is 0. The molecule has 0 saturated carbocycles. The lowest BCUT2D eigenvalue weighted by molar-refractivity contribution is 0.872. The first kappa shape index (κ1) is 12.6. The van der Waals surface area contributed by atoms with Crippen molar-refractivity contribution >= 4 is 11.6 Å². The van der Waals surface area contributed by atoms with Gasteiger partial charge in [-0.05, 0) is 36.6 Å². The number of aromatic nitrogens is 2. The van der Waals surface area contributed by atoms with Crippen molar-refractivity contribution in [2.24, 2.45) is 0 Å². The third-order valence-electron chi connectivity index (χ3n) is 2.87. The topological polar surface area (TPSA) is 54.9 Å². The van der Waals surface area contributed by atoms with Gasteiger partial charge < -0.3 is 0 Å². The van der Waals surface area contributed by atoms with Crippen LogP contribution >= 0.6 is 11.6 Å². The fraction of sp³-hybridized carbons (Fsp3) is 0.231. The fourth-order valence-corrected chi connectivity index (χ4v) is 2.06. The van der Waals surface area contributed by atoms with E-state index in [-0.39, 0.29) is 5.15 Å². The van der Waals surface area contributed by atoms with E-state index in [1.54, 1.807) is 6.07 Å². The molecular formula is C13H13ClN2O2. The Labute approximate surface area is 109 Å². The van der Waals surface area contributed by atoms with Crippen molar-refractivity contribution in [3.05, 3.63) is 61.4 Å². The van der Waals surface area contributed by atoms with Gasteiger partial charge in [0.05, 0.1) is 5.69 Å². The van der Waals surface area contributed by atoms with Crippen LogP contribution in [0.4, 0.5) is 0 Å². The average Bonchev–Trinajstić information content (AvgIpc) is 2.30. The van der Waals surface area contributed by atoms with Gasteiger partial charge in [0.25, 0.3) is 5.56 Å². The van der Waals surface area contributed by atoms with Gasteiger partial charge in [0.15, 0.2) is 0 Å². The number of hydrogen-bond donors (Lipinski definition) is 1. The van der Waals surface area contributed by atoms with E-state index in [2.05, 4.69) is 4.98 Å². The van der Waals surface area contributed by atoms with E-state index in [9.17, 15) is 9.59 Å². The lowest BCUT2D eigenvalue weighted by Gasteiger charge is -2.08. The van der Waals surface area contributed by atoms with Gasteiger partial charge in [-0.1, -0.05) is 24.6 Å². The molecule has 0 atom stereocenters. The second-order valence-corrected chi connectivity index (χ2v) is 4.47. The zero-order valence-corrected chi connectivity index (χ0v) is 10.9. The number of aromatic amines is 1. The number of H-pyrrole nitrogens is 1. The average molecular weight is 265 g/mol. The molecule has 1 N–H and O–H groups in total. The molecule has 0 unspecified atom stereocenters. The number of rotatable bonds is 2. The Kier molecular flexibility index (Phi) is 3.39. The lowest BCUT2D eigenvalue weighted by Crippen LogP contribution is -2.33. The van der Waals surface area contributed by atoms with Crippen LogP contribution in [0, 0.1) is 6.92 Å². The minimum atomic E-state index is -0.529. The van der Waals surface area contributed by atoms with Crippen LogP contribution in [0.15, 0.2) is 33.9 Å². The number of nitrogens with zero attached hydrogens (tertiary/aromatic N) is 1. The molecule has 18 heavy (non-hydrogen) atoms. The maximum atomic E-state index is 11.8. The van der Waals surface area contributed by atoms with Crippen molar-refractivity contribution < 1.29 is 0 Å². The lowest BCUT2D eigenvalue weighted by atomic mass is 10.1. The molecule has 4 nitrogen and oxygen atoms in total. The summed E-state index contributed by atoms with van der Waals surface area (Å²) in [6.45, 7) is 4.03. The molecule has 0 fully saturated rings. The third-order valence-corrected chi connectivity index (χ3v) is 3.08. The van der Waals surface area contributed by atoms with Crippen LogP contribution in [-0.4, -0.2) is 9.55 Å². The Hall–Kier alpha value is -1.81. The third kappa shape index (κ3) is 2.24. The molecule has 0 bridgehead atoms. The predicted molar refractivity (Wildman–Crippen MR) is 71.8 cm³/mol. The van der Waals surface area contributed by atoms with Crippen LogP contribution in [0.2, 0.25) is 5.15 Å². The highest BCUT2D eigenvalue weighted by molar-refractivity contribution is 6.29. The molecule has 0 aliphatic rings. The smallest absolute Gasteiger partial charge is 0.297 e. The van der Waals surface area contributed by atoms with Crippen LogP contribution in [0.3, 0.4) is 0 Å². The van der Waals surface area contributed by atoms with E-state index in [4.69, 9.17) is 11.6 Å². The molecule has 0 spiro atoms. The quantitative estimate of drug-likeness (QED) is 0.844. The van der Waals surface area contributed by atoms with Gasteiger partial charge in [-0.2, -0.15) is 0 Å². The Bertz CT molecular complexity index is 670. The second-order valence-electron chi connectivity index (χ2n) is 4.06. The van der Waals surface area contributed by atoms with Gasteiger partial charge in [0, 0.05) is 6.07 Å². The minimum absolute atomic E-state index is 0.0454. The highest BCUT2D eigenvalue weighted by atomic mass is 35.5. The van der Waals surface area contributed by atoms with E-state index >= 15 is 0 Å². The van der Waals surface area contributed by atoms with Crippen LogP contribution in [-0.2, 0) is 6.42 Å². The summed E-state index contributed by atoms with van der Waals surface area (Å²) in [6.07, 6.45) is 0.847. The highest BCUT2D eigenvalue weighted by Crippen LogP contribution is 2.13. The van der Waals surface area contributed by atoms with E-state index in [1.165, 1.54) is 6.07 Å². The Morgan fingerprint density at radius 2 is 2.00 bits per heavy atom. The van der Waals surface area contributed by atoms with Crippen molar-refractivity contribution in [2.75, 3.05) is 0 Å². The van der Waals surface area contributed by atoms with E-state index in [1.807, 2.05) is 26.0 Å². The maximum absolute atomic E-state index is 11.8. The molecular weight excluding hydrogens is 252 g/mol. The Balaban J connectivity index is 2.70. The molecule has 0 aliphatic carbocycles. The predicted octanol–water partition coefficient (Wildman–Crippen LogP) is 2.05. The van der Waals surface area contributed by atoms with Crippen LogP contribution < -0.4 is 11.2 Å². The summed E-state index contributed by atoms with van der Waals surface area (Å²) >= 11 is 5.62. The fourth-order valence-electron chi connectivity index (χ4n) is 1.89. The molecule has 1 heterocycles. The zero-order valence-electron chi connectivity index (χ0n) is 10.2. The summed E-state index contributed by atoms with van der Waals surface area (Å²) in [5.41, 5.74) is 1.84. The summed E-state index contributed by atoms with van der Waals surface area (Å²) < 4.78 is 1.07. The largest absolute Gasteiger partial charge is 0.334 e. The standard InChI is InChI=1S/C13H13ClN2O2/c1-3-9-6-10(5-4-8(9)2)16-12(17)7-11(14)15-13(16)18/h4-7H,3H2,1-2H3,(H,15,18). The molecule has 0 radical (unpaired) electrons. The summed E-state index contributed by atoms with van der Waals surface area (Å²) in [5, 5.41) is 0.0454. The SMILES string of the molecule is CCc1cc(-n2c(=O)cc(Cl)[nH]c2=O)ccc1C. The van der Waals surface area contributed by atoms with E-state index < -0.39 is 11.2 Å². The number of hydrogen-bond acceptors (Lipinski definition) is 2. The van der Waals surface area contributed by atoms with Crippen LogP contribution in [0.5, 0.6) is 0 Å². The molecule has 2 rings (SSSR count). The number of halogens is 1. The molecule has 94 valence electrons. The van der Waals surface area contributed by atoms with Crippen LogP contribution in [0.25, 0.3) is 5.69 Å². The maximum Gasteiger partial charge on any atom is 0.334 e. The monoisotopic (exact) mass is 264 g/mol. The summed E-state index contributed by atoms with van der Waals surface area (Å²) in [4.78, 5) is 26.0. The van der Waals surface area contributed by atoms with Gasteiger partial charge in [-0.25, -0.2) is 9.36 Å². The number of benzene rings is 1. The van der Waals surface area contributed by atoms with Gasteiger partial charge in [0.1, 0.15) is 5.15 Å².